The minimum Gasteiger partial charge on any atom is -0.623 e. The van der Waals surface area contributed by atoms with Gasteiger partial charge in [0.2, 0.25) is 6.21 Å². The molecule has 1 heterocycles. The van der Waals surface area contributed by atoms with Gasteiger partial charge in [0.1, 0.15) is 5.69 Å². The summed E-state index contributed by atoms with van der Waals surface area (Å²) in [4.78, 5) is 4.04. The molecule has 0 aliphatic rings. The van der Waals surface area contributed by atoms with Crippen molar-refractivity contribution in [1.82, 2.24) is 4.98 Å². The predicted octanol–water partition coefficient (Wildman–Crippen LogP) is 1.81. The topological polar surface area (TPSA) is 39.0 Å². The van der Waals surface area contributed by atoms with Crippen molar-refractivity contribution < 1.29 is 4.74 Å². The molecule has 3 nitrogen and oxygen atoms in total. The number of hydroxylamine groups is 1. The van der Waals surface area contributed by atoms with E-state index in [0.717, 1.165) is 4.74 Å². The fourth-order valence-electron chi connectivity index (χ4n) is 0.766. The van der Waals surface area contributed by atoms with E-state index in [1.807, 2.05) is 32.9 Å². The van der Waals surface area contributed by atoms with Crippen LogP contribution in [0.25, 0.3) is 0 Å². The fourth-order valence-corrected chi connectivity index (χ4v) is 0.766. The van der Waals surface area contributed by atoms with Crippen molar-refractivity contribution in [3.8, 4) is 0 Å². The van der Waals surface area contributed by atoms with E-state index >= 15 is 0 Å². The summed E-state index contributed by atoms with van der Waals surface area (Å²) in [6.07, 6.45) is 3.17. The van der Waals surface area contributed by atoms with Crippen molar-refractivity contribution in [2.45, 2.75) is 26.3 Å². The molecule has 0 aliphatic carbocycles. The van der Waals surface area contributed by atoms with Crippen molar-refractivity contribution >= 4 is 6.21 Å². The first-order valence-corrected chi connectivity index (χ1v) is 4.22. The zero-order valence-corrected chi connectivity index (χ0v) is 8.19. The molecule has 13 heavy (non-hydrogen) atoms. The Labute approximate surface area is 78.3 Å². The summed E-state index contributed by atoms with van der Waals surface area (Å²) in [6, 6.07) is 5.48. The lowest BCUT2D eigenvalue weighted by Gasteiger charge is -2.18. The number of hydrogen-bond acceptors (Lipinski definition) is 2. The van der Waals surface area contributed by atoms with Gasteiger partial charge in [0.15, 0.2) is 5.54 Å². The van der Waals surface area contributed by atoms with Crippen LogP contribution in [-0.4, -0.2) is 21.5 Å². The van der Waals surface area contributed by atoms with E-state index in [9.17, 15) is 5.21 Å². The molecule has 1 aromatic heterocycles. The van der Waals surface area contributed by atoms with E-state index in [2.05, 4.69) is 4.98 Å². The highest BCUT2D eigenvalue weighted by atomic mass is 16.5. The van der Waals surface area contributed by atoms with Crippen LogP contribution in [-0.2, 0) is 0 Å². The quantitative estimate of drug-likeness (QED) is 0.285. The fraction of sp³-hybridized carbons (Fsp3) is 0.400. The lowest BCUT2D eigenvalue weighted by molar-refractivity contribution is -0.530. The summed E-state index contributed by atoms with van der Waals surface area (Å²) >= 11 is 0. The molecule has 1 aromatic rings. The van der Waals surface area contributed by atoms with Crippen molar-refractivity contribution in [3.05, 3.63) is 35.3 Å². The van der Waals surface area contributed by atoms with Crippen LogP contribution in [0.1, 0.15) is 26.5 Å². The number of pyridine rings is 1. The molecular formula is C10H14N2O. The molecule has 3 heteroatoms. The second kappa shape index (κ2) is 3.56. The summed E-state index contributed by atoms with van der Waals surface area (Å²) < 4.78 is 0.912. The predicted molar refractivity (Wildman–Crippen MR) is 52.8 cm³/mol. The first-order valence-electron chi connectivity index (χ1n) is 4.22. The van der Waals surface area contributed by atoms with Gasteiger partial charge in [-0.05, 0) is 12.1 Å². The van der Waals surface area contributed by atoms with E-state index in [1.54, 1.807) is 12.3 Å². The van der Waals surface area contributed by atoms with Crippen LogP contribution in [0.5, 0.6) is 0 Å². The first kappa shape index (κ1) is 9.71. The summed E-state index contributed by atoms with van der Waals surface area (Å²) in [5.74, 6) is 0. The Bertz CT molecular complexity index is 298. The highest BCUT2D eigenvalue weighted by Gasteiger charge is 2.17. The van der Waals surface area contributed by atoms with Crippen LogP contribution in [0.2, 0.25) is 0 Å². The lowest BCUT2D eigenvalue weighted by Crippen LogP contribution is -2.29. The van der Waals surface area contributed by atoms with Crippen LogP contribution < -0.4 is 0 Å². The van der Waals surface area contributed by atoms with Crippen LogP contribution in [0.4, 0.5) is 0 Å². The number of nitrogens with zero attached hydrogens (tertiary/aromatic N) is 2. The standard InChI is InChI=1S/C10H14N2O/c1-10(2,3)12(13)8-9-6-4-5-7-11-9/h4-8H,1-3H3. The van der Waals surface area contributed by atoms with Crippen molar-refractivity contribution in [3.63, 3.8) is 0 Å². The van der Waals surface area contributed by atoms with Gasteiger partial charge in [0.05, 0.1) is 0 Å². The van der Waals surface area contributed by atoms with E-state index in [1.165, 1.54) is 6.21 Å². The Morgan fingerprint density at radius 3 is 2.54 bits per heavy atom. The monoisotopic (exact) mass is 178 g/mol. The van der Waals surface area contributed by atoms with Crippen molar-refractivity contribution in [2.75, 3.05) is 0 Å². The van der Waals surface area contributed by atoms with Gasteiger partial charge in [0, 0.05) is 27.0 Å². The molecule has 0 unspecified atom stereocenters. The normalized spacial score (nSPS) is 13.0. The molecule has 0 bridgehead atoms. The Morgan fingerprint density at radius 1 is 1.38 bits per heavy atom. The van der Waals surface area contributed by atoms with E-state index < -0.39 is 5.54 Å². The summed E-state index contributed by atoms with van der Waals surface area (Å²) in [7, 11) is 0. The summed E-state index contributed by atoms with van der Waals surface area (Å²) in [6.45, 7) is 5.58. The number of aromatic nitrogens is 1. The molecule has 0 amide bonds. The van der Waals surface area contributed by atoms with Crippen LogP contribution in [0.3, 0.4) is 0 Å². The van der Waals surface area contributed by atoms with Gasteiger partial charge in [0.25, 0.3) is 0 Å². The lowest BCUT2D eigenvalue weighted by atomic mass is 10.1. The zero-order valence-electron chi connectivity index (χ0n) is 8.19. The maximum Gasteiger partial charge on any atom is 0.200 e. The zero-order chi connectivity index (χ0) is 9.90. The number of hydrogen-bond donors (Lipinski definition) is 0. The minimum atomic E-state index is -0.405. The largest absolute Gasteiger partial charge is 0.623 e. The Kier molecular flexibility index (Phi) is 2.66. The Balaban J connectivity index is 2.90. The summed E-state index contributed by atoms with van der Waals surface area (Å²) in [5, 5.41) is 11.5. The van der Waals surface area contributed by atoms with Crippen LogP contribution in [0, 0.1) is 5.21 Å². The third-order valence-electron chi connectivity index (χ3n) is 1.60. The molecule has 0 atom stereocenters. The third kappa shape index (κ3) is 2.86. The van der Waals surface area contributed by atoms with E-state index in [-0.39, 0.29) is 0 Å². The molecule has 0 spiro atoms. The summed E-state index contributed by atoms with van der Waals surface area (Å²) in [5.41, 5.74) is 0.282. The Hall–Kier alpha value is -1.38. The van der Waals surface area contributed by atoms with Gasteiger partial charge in [-0.25, -0.2) is 4.74 Å². The molecule has 0 aromatic carbocycles. The van der Waals surface area contributed by atoms with Crippen molar-refractivity contribution in [2.24, 2.45) is 0 Å². The SMILES string of the molecule is CC(C)(C)[N+]([O-])=Cc1ccccn1. The maximum absolute atomic E-state index is 11.5. The molecular weight excluding hydrogens is 164 g/mol. The highest BCUT2D eigenvalue weighted by Crippen LogP contribution is 2.05. The van der Waals surface area contributed by atoms with E-state index in [0.29, 0.717) is 5.69 Å². The third-order valence-corrected chi connectivity index (χ3v) is 1.60. The van der Waals surface area contributed by atoms with Gasteiger partial charge >= 0.3 is 0 Å². The van der Waals surface area contributed by atoms with Gasteiger partial charge in [-0.2, -0.15) is 0 Å². The molecule has 1 rings (SSSR count). The molecule has 0 N–H and O–H groups in total. The minimum absolute atomic E-state index is 0.405. The van der Waals surface area contributed by atoms with Gasteiger partial charge in [-0.15, -0.1) is 0 Å². The first-order chi connectivity index (χ1) is 6.00. The van der Waals surface area contributed by atoms with Gasteiger partial charge in [-0.1, -0.05) is 6.07 Å². The number of rotatable bonds is 1. The second-order valence-electron chi connectivity index (χ2n) is 3.88. The Morgan fingerprint density at radius 2 is 2.08 bits per heavy atom. The highest BCUT2D eigenvalue weighted by molar-refractivity contribution is 5.72. The molecule has 0 radical (unpaired) electrons. The van der Waals surface area contributed by atoms with Crippen molar-refractivity contribution in [1.29, 1.82) is 0 Å². The van der Waals surface area contributed by atoms with Gasteiger partial charge < -0.3 is 5.21 Å². The smallest absolute Gasteiger partial charge is 0.200 e. The average Bonchev–Trinajstić information content (AvgIpc) is 2.04. The van der Waals surface area contributed by atoms with Gasteiger partial charge in [-0.3, -0.25) is 4.98 Å². The average molecular weight is 178 g/mol. The molecule has 0 saturated carbocycles. The molecule has 70 valence electrons. The van der Waals surface area contributed by atoms with Crippen LogP contribution in [0.15, 0.2) is 24.4 Å². The maximum atomic E-state index is 11.5. The second-order valence-corrected chi connectivity index (χ2v) is 3.88. The van der Waals surface area contributed by atoms with Crippen LogP contribution >= 0.6 is 0 Å². The molecule has 0 saturated heterocycles. The molecule has 0 aliphatic heterocycles. The van der Waals surface area contributed by atoms with E-state index in [4.69, 9.17) is 0 Å². The molecule has 0 fully saturated rings.